The van der Waals surface area contributed by atoms with Crippen LogP contribution in [-0.2, 0) is 9.59 Å². The van der Waals surface area contributed by atoms with Crippen molar-refractivity contribution in [1.29, 1.82) is 0 Å². The van der Waals surface area contributed by atoms with E-state index in [2.05, 4.69) is 5.32 Å². The number of amides is 1. The quantitative estimate of drug-likeness (QED) is 0.822. The van der Waals surface area contributed by atoms with Gasteiger partial charge in [0.1, 0.15) is 11.6 Å². The minimum atomic E-state index is -1.28. The molecule has 1 N–H and O–H groups in total. The van der Waals surface area contributed by atoms with Crippen LogP contribution in [0, 0.1) is 5.82 Å². The van der Waals surface area contributed by atoms with Gasteiger partial charge in [-0.1, -0.05) is 18.2 Å². The third kappa shape index (κ3) is 5.62. The Labute approximate surface area is 132 Å². The molecule has 1 amide bonds. The summed E-state index contributed by atoms with van der Waals surface area (Å²) in [6, 6.07) is 11.9. The van der Waals surface area contributed by atoms with Gasteiger partial charge in [-0.25, -0.2) is 4.39 Å². The lowest BCUT2D eigenvalue weighted by atomic mass is 10.2. The van der Waals surface area contributed by atoms with E-state index in [0.29, 0.717) is 17.0 Å². The highest BCUT2D eigenvalue weighted by Gasteiger charge is 2.04. The van der Waals surface area contributed by atoms with E-state index in [1.807, 2.05) is 0 Å². The largest absolute Gasteiger partial charge is 0.545 e. The van der Waals surface area contributed by atoms with Crippen molar-refractivity contribution >= 4 is 23.6 Å². The molecule has 118 valence electrons. The smallest absolute Gasteiger partial charge is 0.262 e. The molecule has 0 atom stereocenters. The molecule has 0 spiro atoms. The minimum Gasteiger partial charge on any atom is -0.545 e. The molecule has 2 rings (SSSR count). The van der Waals surface area contributed by atoms with Crippen LogP contribution in [0.4, 0.5) is 10.1 Å². The third-order valence-corrected chi connectivity index (χ3v) is 2.79. The van der Waals surface area contributed by atoms with Gasteiger partial charge in [-0.2, -0.15) is 0 Å². The van der Waals surface area contributed by atoms with Gasteiger partial charge in [0.2, 0.25) is 0 Å². The van der Waals surface area contributed by atoms with Crippen LogP contribution in [0.1, 0.15) is 5.56 Å². The maximum Gasteiger partial charge on any atom is 0.262 e. The Morgan fingerprint density at radius 2 is 1.74 bits per heavy atom. The number of hydrogen-bond acceptors (Lipinski definition) is 4. The molecule has 0 aromatic heterocycles. The van der Waals surface area contributed by atoms with E-state index in [0.717, 1.165) is 6.08 Å². The molecular formula is C17H13FNO4-. The van der Waals surface area contributed by atoms with Crippen molar-refractivity contribution in [2.75, 3.05) is 11.9 Å². The van der Waals surface area contributed by atoms with Crippen LogP contribution in [0.25, 0.3) is 6.08 Å². The van der Waals surface area contributed by atoms with Crippen molar-refractivity contribution < 1.29 is 23.8 Å². The first kappa shape index (κ1) is 16.2. The summed E-state index contributed by atoms with van der Waals surface area (Å²) in [5.74, 6) is -1.57. The lowest BCUT2D eigenvalue weighted by molar-refractivity contribution is -0.297. The van der Waals surface area contributed by atoms with Crippen LogP contribution in [0.15, 0.2) is 54.6 Å². The van der Waals surface area contributed by atoms with Gasteiger partial charge in [-0.3, -0.25) is 4.79 Å². The van der Waals surface area contributed by atoms with Crippen LogP contribution < -0.4 is 15.2 Å². The lowest BCUT2D eigenvalue weighted by Crippen LogP contribution is -2.20. The summed E-state index contributed by atoms with van der Waals surface area (Å²) in [5, 5.41) is 12.9. The van der Waals surface area contributed by atoms with Crippen molar-refractivity contribution in [2.24, 2.45) is 0 Å². The predicted molar refractivity (Wildman–Crippen MR) is 81.0 cm³/mol. The Balaban J connectivity index is 1.84. The zero-order valence-electron chi connectivity index (χ0n) is 12.0. The number of carboxylic acids is 1. The average Bonchev–Trinajstić information content (AvgIpc) is 2.54. The second kappa shape index (κ2) is 7.74. The molecule has 0 unspecified atom stereocenters. The molecule has 5 nitrogen and oxygen atoms in total. The monoisotopic (exact) mass is 314 g/mol. The molecule has 0 aliphatic heterocycles. The van der Waals surface area contributed by atoms with E-state index in [1.54, 1.807) is 24.3 Å². The van der Waals surface area contributed by atoms with Gasteiger partial charge in [-0.05, 0) is 48.0 Å². The number of carbonyl (C=O) groups is 2. The van der Waals surface area contributed by atoms with Crippen molar-refractivity contribution in [3.63, 3.8) is 0 Å². The SMILES string of the molecule is O=C([O-])/C=C/c1ccc(OCC(=O)Nc2ccc(F)cc2)cc1. The molecule has 6 heteroatoms. The fourth-order valence-corrected chi connectivity index (χ4v) is 1.72. The van der Waals surface area contributed by atoms with Gasteiger partial charge in [0, 0.05) is 5.69 Å². The van der Waals surface area contributed by atoms with Crippen molar-refractivity contribution in [3.8, 4) is 5.75 Å². The van der Waals surface area contributed by atoms with Crippen LogP contribution in [0.3, 0.4) is 0 Å². The number of carboxylic acid groups (broad SMARTS) is 1. The lowest BCUT2D eigenvalue weighted by Gasteiger charge is -2.07. The second-order valence-corrected chi connectivity index (χ2v) is 4.57. The molecule has 0 radical (unpaired) electrons. The van der Waals surface area contributed by atoms with Gasteiger partial charge in [0.15, 0.2) is 6.61 Å². The Morgan fingerprint density at radius 1 is 1.09 bits per heavy atom. The van der Waals surface area contributed by atoms with Crippen LogP contribution in [0.5, 0.6) is 5.75 Å². The molecule has 0 heterocycles. The molecule has 0 aliphatic carbocycles. The number of anilines is 1. The van der Waals surface area contributed by atoms with Gasteiger partial charge in [0.05, 0.1) is 5.97 Å². The maximum atomic E-state index is 12.7. The fourth-order valence-electron chi connectivity index (χ4n) is 1.72. The first-order valence-corrected chi connectivity index (χ1v) is 6.70. The zero-order chi connectivity index (χ0) is 16.7. The summed E-state index contributed by atoms with van der Waals surface area (Å²) in [6.07, 6.45) is 2.31. The van der Waals surface area contributed by atoms with Crippen LogP contribution >= 0.6 is 0 Å². The molecule has 0 saturated carbocycles. The molecule has 2 aromatic carbocycles. The number of aliphatic carboxylic acids is 1. The van der Waals surface area contributed by atoms with Crippen LogP contribution in [-0.4, -0.2) is 18.5 Å². The number of benzene rings is 2. The molecule has 0 aliphatic rings. The van der Waals surface area contributed by atoms with E-state index in [1.165, 1.54) is 30.3 Å². The first-order chi connectivity index (χ1) is 11.0. The van der Waals surface area contributed by atoms with Crippen molar-refractivity contribution in [1.82, 2.24) is 0 Å². The van der Waals surface area contributed by atoms with E-state index in [-0.39, 0.29) is 18.3 Å². The van der Waals surface area contributed by atoms with Crippen molar-refractivity contribution in [2.45, 2.75) is 0 Å². The number of halogens is 1. The van der Waals surface area contributed by atoms with E-state index < -0.39 is 5.97 Å². The molecule has 23 heavy (non-hydrogen) atoms. The van der Waals surface area contributed by atoms with Gasteiger partial charge in [-0.15, -0.1) is 0 Å². The van der Waals surface area contributed by atoms with E-state index in [4.69, 9.17) is 4.74 Å². The summed E-state index contributed by atoms with van der Waals surface area (Å²) in [4.78, 5) is 22.0. The van der Waals surface area contributed by atoms with Gasteiger partial charge >= 0.3 is 0 Å². The topological polar surface area (TPSA) is 78.5 Å². The van der Waals surface area contributed by atoms with Gasteiger partial charge in [0.25, 0.3) is 5.91 Å². The second-order valence-electron chi connectivity index (χ2n) is 4.57. The number of hydrogen-bond donors (Lipinski definition) is 1. The summed E-state index contributed by atoms with van der Waals surface area (Å²) in [6.45, 7) is -0.203. The first-order valence-electron chi connectivity index (χ1n) is 6.70. The standard InChI is InChI=1S/C17H14FNO4/c18-13-4-6-14(7-5-13)19-16(20)11-23-15-8-1-12(2-9-15)3-10-17(21)22/h1-10H,11H2,(H,19,20)(H,21,22)/p-1/b10-3+. The fraction of sp³-hybridized carbons (Fsp3) is 0.0588. The highest BCUT2D eigenvalue weighted by atomic mass is 19.1. The summed E-state index contributed by atoms with van der Waals surface area (Å²) in [5.41, 5.74) is 1.14. The number of nitrogens with one attached hydrogen (secondary N) is 1. The summed E-state index contributed by atoms with van der Waals surface area (Å²) in [7, 11) is 0. The molecule has 0 saturated heterocycles. The molecule has 2 aromatic rings. The summed E-state index contributed by atoms with van der Waals surface area (Å²) >= 11 is 0. The van der Waals surface area contributed by atoms with E-state index >= 15 is 0 Å². The number of ether oxygens (including phenoxy) is 1. The van der Waals surface area contributed by atoms with Crippen LogP contribution in [0.2, 0.25) is 0 Å². The number of carbonyl (C=O) groups excluding carboxylic acids is 2. The molecule has 0 fully saturated rings. The Morgan fingerprint density at radius 3 is 2.35 bits per heavy atom. The average molecular weight is 314 g/mol. The highest BCUT2D eigenvalue weighted by molar-refractivity contribution is 5.91. The molecular weight excluding hydrogens is 301 g/mol. The van der Waals surface area contributed by atoms with Crippen molar-refractivity contribution in [3.05, 3.63) is 66.0 Å². The number of rotatable bonds is 6. The van der Waals surface area contributed by atoms with Gasteiger partial charge < -0.3 is 20.0 Å². The summed E-state index contributed by atoms with van der Waals surface area (Å²) < 4.78 is 18.1. The zero-order valence-corrected chi connectivity index (χ0v) is 12.0. The molecule has 0 bridgehead atoms. The normalized spacial score (nSPS) is 10.5. The van der Waals surface area contributed by atoms with E-state index in [9.17, 15) is 19.1 Å². The Kier molecular flexibility index (Phi) is 5.46. The highest BCUT2D eigenvalue weighted by Crippen LogP contribution is 2.13. The predicted octanol–water partition coefficient (Wildman–Crippen LogP) is 1.61. The minimum absolute atomic E-state index is 0.203. The maximum absolute atomic E-state index is 12.7. The third-order valence-electron chi connectivity index (χ3n) is 2.79. The Hall–Kier alpha value is -3.15. The Bertz CT molecular complexity index is 708.